The van der Waals surface area contributed by atoms with E-state index in [0.29, 0.717) is 29.6 Å². The zero-order valence-corrected chi connectivity index (χ0v) is 12.2. The molecule has 0 bridgehead atoms. The summed E-state index contributed by atoms with van der Waals surface area (Å²) in [6, 6.07) is 0. The number of nitrogens with two attached hydrogens (primary N) is 1. The number of anilines is 1. The van der Waals surface area contributed by atoms with Gasteiger partial charge in [-0.05, 0) is 18.8 Å². The molecule has 1 amide bonds. The lowest BCUT2D eigenvalue weighted by molar-refractivity contribution is -0.150. The van der Waals surface area contributed by atoms with Crippen LogP contribution in [-0.4, -0.2) is 27.5 Å². The maximum absolute atomic E-state index is 12.1. The van der Waals surface area contributed by atoms with Crippen LogP contribution in [0.3, 0.4) is 0 Å². The normalized spacial score (nSPS) is 26.1. The number of nitrogen functional groups attached to an aromatic ring is 1. The number of carbonyl (C=O) groups excluding carboxylic acids is 1. The van der Waals surface area contributed by atoms with Crippen LogP contribution in [-0.2, 0) is 16.0 Å². The lowest BCUT2D eigenvalue weighted by Crippen LogP contribution is -2.57. The summed E-state index contributed by atoms with van der Waals surface area (Å²) in [7, 11) is 0. The molecule has 1 aromatic rings. The largest absolute Gasteiger partial charge is 0.480 e. The van der Waals surface area contributed by atoms with E-state index in [1.54, 1.807) is 5.38 Å². The quantitative estimate of drug-likeness (QED) is 0.779. The molecule has 1 aliphatic carbocycles. The van der Waals surface area contributed by atoms with Gasteiger partial charge in [-0.2, -0.15) is 0 Å². The number of carboxylic acid groups (broad SMARTS) is 1. The molecule has 1 saturated carbocycles. The van der Waals surface area contributed by atoms with Gasteiger partial charge in [0.05, 0.1) is 12.1 Å². The van der Waals surface area contributed by atoms with Crippen molar-refractivity contribution in [3.63, 3.8) is 0 Å². The van der Waals surface area contributed by atoms with Crippen LogP contribution in [0.5, 0.6) is 0 Å². The first-order valence-electron chi connectivity index (χ1n) is 6.65. The molecule has 6 nitrogen and oxygen atoms in total. The predicted octanol–water partition coefficient (Wildman–Crippen LogP) is 1.42. The number of thiazole rings is 1. The Balaban J connectivity index is 2.04. The number of carbonyl (C=O) groups is 2. The van der Waals surface area contributed by atoms with Gasteiger partial charge in [0.2, 0.25) is 5.91 Å². The lowest BCUT2D eigenvalue weighted by Gasteiger charge is -2.37. The molecule has 1 aliphatic rings. The number of aromatic nitrogens is 1. The summed E-state index contributed by atoms with van der Waals surface area (Å²) in [5.74, 6) is -0.961. The second-order valence-electron chi connectivity index (χ2n) is 5.49. The molecular weight excluding hydrogens is 278 g/mol. The van der Waals surface area contributed by atoms with Crippen molar-refractivity contribution in [2.24, 2.45) is 5.92 Å². The lowest BCUT2D eigenvalue weighted by atomic mass is 9.76. The zero-order valence-electron chi connectivity index (χ0n) is 11.4. The Morgan fingerprint density at radius 1 is 1.65 bits per heavy atom. The number of hydrogen-bond donors (Lipinski definition) is 3. The van der Waals surface area contributed by atoms with Gasteiger partial charge in [0.1, 0.15) is 5.54 Å². The van der Waals surface area contributed by atoms with Gasteiger partial charge in [-0.3, -0.25) is 4.79 Å². The van der Waals surface area contributed by atoms with Gasteiger partial charge >= 0.3 is 5.97 Å². The summed E-state index contributed by atoms with van der Waals surface area (Å²) in [5.41, 5.74) is 4.96. The van der Waals surface area contributed by atoms with Crippen molar-refractivity contribution in [2.75, 3.05) is 5.73 Å². The maximum Gasteiger partial charge on any atom is 0.329 e. The fourth-order valence-corrected chi connectivity index (χ4v) is 3.35. The Morgan fingerprint density at radius 3 is 2.95 bits per heavy atom. The Kier molecular flexibility index (Phi) is 4.27. The van der Waals surface area contributed by atoms with Crippen LogP contribution in [0, 0.1) is 5.92 Å². The first-order chi connectivity index (χ1) is 9.41. The molecule has 2 rings (SSSR count). The number of aliphatic carboxylic acids is 1. The zero-order chi connectivity index (χ0) is 14.8. The molecule has 20 heavy (non-hydrogen) atoms. The van der Waals surface area contributed by atoms with E-state index in [-0.39, 0.29) is 12.3 Å². The van der Waals surface area contributed by atoms with E-state index in [1.165, 1.54) is 11.3 Å². The molecule has 1 heterocycles. The molecule has 0 radical (unpaired) electrons. The molecule has 4 N–H and O–H groups in total. The standard InChI is InChI=1S/C13H19N3O3S/c1-8-3-2-4-13(6-8,11(18)19)16-10(17)5-9-7-20-12(14)15-9/h7-8H,2-6H2,1H3,(H2,14,15)(H,16,17)(H,18,19). The van der Waals surface area contributed by atoms with E-state index in [4.69, 9.17) is 5.73 Å². The van der Waals surface area contributed by atoms with Crippen LogP contribution in [0.2, 0.25) is 0 Å². The van der Waals surface area contributed by atoms with Gasteiger partial charge in [0, 0.05) is 5.38 Å². The molecule has 0 aromatic carbocycles. The molecule has 110 valence electrons. The van der Waals surface area contributed by atoms with Crippen molar-refractivity contribution < 1.29 is 14.7 Å². The second-order valence-corrected chi connectivity index (χ2v) is 6.38. The second kappa shape index (κ2) is 5.78. The van der Waals surface area contributed by atoms with Crippen molar-refractivity contribution in [3.05, 3.63) is 11.1 Å². The highest BCUT2D eigenvalue weighted by atomic mass is 32.1. The molecular formula is C13H19N3O3S. The minimum absolute atomic E-state index is 0.0666. The van der Waals surface area contributed by atoms with Crippen molar-refractivity contribution in [1.82, 2.24) is 10.3 Å². The first kappa shape index (κ1) is 14.8. The molecule has 7 heteroatoms. The van der Waals surface area contributed by atoms with Crippen LogP contribution in [0.1, 0.15) is 38.3 Å². The molecule has 0 aliphatic heterocycles. The van der Waals surface area contributed by atoms with E-state index < -0.39 is 11.5 Å². The summed E-state index contributed by atoms with van der Waals surface area (Å²) in [6.45, 7) is 2.02. The number of nitrogens with zero attached hydrogens (tertiary/aromatic N) is 1. The molecule has 0 spiro atoms. The number of carboxylic acids is 1. The topological polar surface area (TPSA) is 105 Å². The molecule has 1 fully saturated rings. The fraction of sp³-hybridized carbons (Fsp3) is 0.615. The number of rotatable bonds is 4. The Hall–Kier alpha value is -1.63. The summed E-state index contributed by atoms with van der Waals surface area (Å²) >= 11 is 1.27. The van der Waals surface area contributed by atoms with E-state index in [0.717, 1.165) is 12.8 Å². The van der Waals surface area contributed by atoms with Gasteiger partial charge < -0.3 is 16.2 Å². The van der Waals surface area contributed by atoms with Crippen molar-refractivity contribution >= 4 is 28.3 Å². The third kappa shape index (κ3) is 3.27. The van der Waals surface area contributed by atoms with E-state index in [2.05, 4.69) is 10.3 Å². The third-order valence-electron chi connectivity index (χ3n) is 3.70. The summed E-state index contributed by atoms with van der Waals surface area (Å²) in [4.78, 5) is 27.6. The SMILES string of the molecule is CC1CCCC(NC(=O)Cc2csc(N)n2)(C(=O)O)C1. The Labute approximate surface area is 121 Å². The molecule has 2 atom stereocenters. The van der Waals surface area contributed by atoms with E-state index in [1.807, 2.05) is 6.92 Å². The number of hydrogen-bond acceptors (Lipinski definition) is 5. The van der Waals surface area contributed by atoms with Crippen molar-refractivity contribution in [3.8, 4) is 0 Å². The van der Waals surface area contributed by atoms with Gasteiger partial charge in [-0.1, -0.05) is 19.8 Å². The van der Waals surface area contributed by atoms with E-state index >= 15 is 0 Å². The average Bonchev–Trinajstić information content (AvgIpc) is 2.74. The molecule has 1 aromatic heterocycles. The van der Waals surface area contributed by atoms with Crippen LogP contribution in [0.25, 0.3) is 0 Å². The monoisotopic (exact) mass is 297 g/mol. The highest BCUT2D eigenvalue weighted by Gasteiger charge is 2.43. The Bertz CT molecular complexity index is 517. The average molecular weight is 297 g/mol. The number of amides is 1. The molecule has 2 unspecified atom stereocenters. The molecule has 0 saturated heterocycles. The fourth-order valence-electron chi connectivity index (χ4n) is 2.79. The highest BCUT2D eigenvalue weighted by Crippen LogP contribution is 2.32. The number of nitrogens with one attached hydrogen (secondary N) is 1. The minimum atomic E-state index is -1.13. The third-order valence-corrected chi connectivity index (χ3v) is 4.42. The first-order valence-corrected chi connectivity index (χ1v) is 7.53. The van der Waals surface area contributed by atoms with Gasteiger partial charge in [0.25, 0.3) is 0 Å². The van der Waals surface area contributed by atoms with Gasteiger partial charge in [-0.25, -0.2) is 9.78 Å². The van der Waals surface area contributed by atoms with Gasteiger partial charge in [0.15, 0.2) is 5.13 Å². The summed E-state index contributed by atoms with van der Waals surface area (Å²) in [6.07, 6.45) is 2.85. The minimum Gasteiger partial charge on any atom is -0.480 e. The Morgan fingerprint density at radius 2 is 2.40 bits per heavy atom. The van der Waals surface area contributed by atoms with Crippen molar-refractivity contribution in [2.45, 2.75) is 44.6 Å². The summed E-state index contributed by atoms with van der Waals surface area (Å²) < 4.78 is 0. The van der Waals surface area contributed by atoms with Crippen LogP contribution in [0.15, 0.2) is 5.38 Å². The van der Waals surface area contributed by atoms with E-state index in [9.17, 15) is 14.7 Å². The van der Waals surface area contributed by atoms with Gasteiger partial charge in [-0.15, -0.1) is 11.3 Å². The van der Waals surface area contributed by atoms with Crippen molar-refractivity contribution in [1.29, 1.82) is 0 Å². The predicted molar refractivity (Wildman–Crippen MR) is 76.4 cm³/mol. The van der Waals surface area contributed by atoms with Crippen LogP contribution >= 0.6 is 11.3 Å². The van der Waals surface area contributed by atoms with Crippen LogP contribution < -0.4 is 11.1 Å². The van der Waals surface area contributed by atoms with Crippen LogP contribution in [0.4, 0.5) is 5.13 Å². The highest BCUT2D eigenvalue weighted by molar-refractivity contribution is 7.13. The maximum atomic E-state index is 12.1. The summed E-state index contributed by atoms with van der Waals surface area (Å²) in [5, 5.41) is 14.3. The smallest absolute Gasteiger partial charge is 0.329 e.